The molecule has 0 radical (unpaired) electrons. The third-order valence-corrected chi connectivity index (χ3v) is 6.05. The molecule has 0 spiro atoms. The van der Waals surface area contributed by atoms with Crippen LogP contribution >= 0.6 is 0 Å². The van der Waals surface area contributed by atoms with Gasteiger partial charge in [0.05, 0.1) is 29.8 Å². The van der Waals surface area contributed by atoms with Crippen molar-refractivity contribution in [3.8, 4) is 6.07 Å². The summed E-state index contributed by atoms with van der Waals surface area (Å²) in [5.41, 5.74) is -1.04. The lowest BCUT2D eigenvalue weighted by Crippen LogP contribution is -2.56. The number of amides is 1. The number of carbonyl (C=O) groups excluding carboxylic acids is 1. The average molecular weight is 409 g/mol. The van der Waals surface area contributed by atoms with E-state index < -0.39 is 23.3 Å². The maximum Gasteiger partial charge on any atom is 0.417 e. The summed E-state index contributed by atoms with van der Waals surface area (Å²) in [6.07, 6.45) is 1.49. The summed E-state index contributed by atoms with van der Waals surface area (Å²) < 4.78 is 39.7. The van der Waals surface area contributed by atoms with Gasteiger partial charge in [-0.05, 0) is 30.5 Å². The summed E-state index contributed by atoms with van der Waals surface area (Å²) in [6, 6.07) is 4.76. The Labute approximate surface area is 168 Å². The number of nitrogens with zero attached hydrogens (tertiary/aromatic N) is 3. The minimum absolute atomic E-state index is 0.00593. The second kappa shape index (κ2) is 9.04. The number of hydrogen-bond acceptors (Lipinski definition) is 4. The minimum atomic E-state index is -4.62. The molecule has 0 bridgehead atoms. The lowest BCUT2D eigenvalue weighted by molar-refractivity contribution is -0.137. The van der Waals surface area contributed by atoms with E-state index in [4.69, 9.17) is 5.26 Å². The van der Waals surface area contributed by atoms with Crippen LogP contribution in [0.4, 0.5) is 18.9 Å². The molecule has 2 fully saturated rings. The molecular formula is C21H26F3N3O2. The monoisotopic (exact) mass is 409 g/mol. The SMILES string of the molecule is N#Cc1ccc(N2CCN(C(=O)CCC3CCCC3)C(CO)C2)cc1C(F)(F)F. The Balaban J connectivity index is 1.67. The van der Waals surface area contributed by atoms with Crippen molar-refractivity contribution >= 4 is 11.6 Å². The van der Waals surface area contributed by atoms with Gasteiger partial charge < -0.3 is 14.9 Å². The van der Waals surface area contributed by atoms with Gasteiger partial charge in [0.1, 0.15) is 0 Å². The van der Waals surface area contributed by atoms with Crippen LogP contribution in [-0.4, -0.2) is 48.2 Å². The van der Waals surface area contributed by atoms with Crippen molar-refractivity contribution in [3.05, 3.63) is 29.3 Å². The highest BCUT2D eigenvalue weighted by atomic mass is 19.4. The number of carbonyl (C=O) groups is 1. The predicted octanol–water partition coefficient (Wildman–Crippen LogP) is 3.56. The molecule has 8 heteroatoms. The van der Waals surface area contributed by atoms with E-state index in [0.717, 1.165) is 12.5 Å². The van der Waals surface area contributed by atoms with Crippen molar-refractivity contribution in [1.29, 1.82) is 5.26 Å². The molecule has 1 saturated carbocycles. The number of nitriles is 1. The normalized spacial score (nSPS) is 20.7. The molecular weight excluding hydrogens is 383 g/mol. The standard InChI is InChI=1S/C21H26F3N3O2/c22-21(23,24)19-11-17(7-6-16(19)12-25)26-9-10-27(18(13-26)14-28)20(29)8-5-15-3-1-2-4-15/h6-7,11,15,18,28H,1-5,8-10,13-14H2. The van der Waals surface area contributed by atoms with Crippen LogP contribution in [0, 0.1) is 17.2 Å². The van der Waals surface area contributed by atoms with Crippen LogP contribution in [0.1, 0.15) is 49.7 Å². The number of aliphatic hydroxyl groups is 1. The fraction of sp³-hybridized carbons (Fsp3) is 0.619. The van der Waals surface area contributed by atoms with Crippen molar-refractivity contribution in [2.24, 2.45) is 5.92 Å². The van der Waals surface area contributed by atoms with Gasteiger partial charge in [0, 0.05) is 31.7 Å². The second-order valence-corrected chi connectivity index (χ2v) is 7.90. The van der Waals surface area contributed by atoms with Crippen LogP contribution in [0.2, 0.25) is 0 Å². The van der Waals surface area contributed by atoms with E-state index in [9.17, 15) is 23.1 Å². The first-order chi connectivity index (χ1) is 13.8. The maximum atomic E-state index is 13.2. The lowest BCUT2D eigenvalue weighted by atomic mass is 10.0. The van der Waals surface area contributed by atoms with Crippen molar-refractivity contribution in [2.75, 3.05) is 31.1 Å². The molecule has 1 aromatic rings. The number of piperazine rings is 1. The van der Waals surface area contributed by atoms with Crippen molar-refractivity contribution < 1.29 is 23.1 Å². The molecule has 1 aliphatic heterocycles. The summed E-state index contributed by atoms with van der Waals surface area (Å²) in [5, 5.41) is 18.7. The van der Waals surface area contributed by atoms with Gasteiger partial charge >= 0.3 is 6.18 Å². The molecule has 1 heterocycles. The van der Waals surface area contributed by atoms with Gasteiger partial charge in [-0.15, -0.1) is 0 Å². The highest BCUT2D eigenvalue weighted by Gasteiger charge is 2.35. The van der Waals surface area contributed by atoms with E-state index in [0.29, 0.717) is 31.1 Å². The van der Waals surface area contributed by atoms with Crippen molar-refractivity contribution in [3.63, 3.8) is 0 Å². The molecule has 1 saturated heterocycles. The van der Waals surface area contributed by atoms with Crippen LogP contribution in [0.5, 0.6) is 0 Å². The highest BCUT2D eigenvalue weighted by Crippen LogP contribution is 2.35. The topological polar surface area (TPSA) is 67.6 Å². The number of benzene rings is 1. The summed E-state index contributed by atoms with van der Waals surface area (Å²) in [6.45, 7) is 0.758. The van der Waals surface area contributed by atoms with E-state index in [1.807, 2.05) is 0 Å². The zero-order chi connectivity index (χ0) is 21.0. The number of aliphatic hydroxyl groups excluding tert-OH is 1. The number of anilines is 1. The minimum Gasteiger partial charge on any atom is -0.394 e. The molecule has 29 heavy (non-hydrogen) atoms. The molecule has 1 atom stereocenters. The average Bonchev–Trinajstić information content (AvgIpc) is 3.24. The molecule has 158 valence electrons. The van der Waals surface area contributed by atoms with Crippen LogP contribution in [0.15, 0.2) is 18.2 Å². The molecule has 5 nitrogen and oxygen atoms in total. The Morgan fingerprint density at radius 1 is 1.24 bits per heavy atom. The fourth-order valence-corrected chi connectivity index (χ4v) is 4.41. The zero-order valence-electron chi connectivity index (χ0n) is 16.3. The van der Waals surface area contributed by atoms with E-state index in [2.05, 4.69) is 0 Å². The van der Waals surface area contributed by atoms with E-state index in [1.54, 1.807) is 15.9 Å². The third-order valence-electron chi connectivity index (χ3n) is 6.05. The highest BCUT2D eigenvalue weighted by molar-refractivity contribution is 5.77. The van der Waals surface area contributed by atoms with Crippen LogP contribution in [0.25, 0.3) is 0 Å². The Bertz CT molecular complexity index is 769. The zero-order valence-corrected chi connectivity index (χ0v) is 16.3. The maximum absolute atomic E-state index is 13.2. The van der Waals surface area contributed by atoms with Crippen molar-refractivity contribution in [1.82, 2.24) is 4.90 Å². The first kappa shape index (κ1) is 21.4. The number of halogens is 3. The number of rotatable bonds is 5. The molecule has 1 N–H and O–H groups in total. The van der Waals surface area contributed by atoms with Gasteiger partial charge in [0.25, 0.3) is 0 Å². The summed E-state index contributed by atoms with van der Waals surface area (Å²) in [4.78, 5) is 16.0. The second-order valence-electron chi connectivity index (χ2n) is 7.90. The molecule has 3 rings (SSSR count). The molecule has 0 aromatic heterocycles. The van der Waals surface area contributed by atoms with Crippen molar-refractivity contribution in [2.45, 2.75) is 50.7 Å². The van der Waals surface area contributed by atoms with Crippen LogP contribution in [0.3, 0.4) is 0 Å². The predicted molar refractivity (Wildman–Crippen MR) is 102 cm³/mol. The van der Waals surface area contributed by atoms with Crippen LogP contribution < -0.4 is 4.90 Å². The summed E-state index contributed by atoms with van der Waals surface area (Å²) >= 11 is 0. The van der Waals surface area contributed by atoms with E-state index in [-0.39, 0.29) is 19.1 Å². The van der Waals surface area contributed by atoms with Gasteiger partial charge in [-0.1, -0.05) is 25.7 Å². The summed E-state index contributed by atoms with van der Waals surface area (Å²) in [7, 11) is 0. The van der Waals surface area contributed by atoms with Gasteiger partial charge in [-0.25, -0.2) is 0 Å². The van der Waals surface area contributed by atoms with E-state index >= 15 is 0 Å². The summed E-state index contributed by atoms with van der Waals surface area (Å²) in [5.74, 6) is 0.610. The van der Waals surface area contributed by atoms with Gasteiger partial charge in [0.2, 0.25) is 5.91 Å². The molecule has 2 aliphatic rings. The Hall–Kier alpha value is -2.27. The molecule has 1 amide bonds. The smallest absolute Gasteiger partial charge is 0.394 e. The van der Waals surface area contributed by atoms with Gasteiger partial charge in [-0.2, -0.15) is 18.4 Å². The Kier molecular flexibility index (Phi) is 6.68. The Morgan fingerprint density at radius 3 is 2.59 bits per heavy atom. The largest absolute Gasteiger partial charge is 0.417 e. The number of hydrogen-bond donors (Lipinski definition) is 1. The van der Waals surface area contributed by atoms with Gasteiger partial charge in [0.15, 0.2) is 0 Å². The quantitative estimate of drug-likeness (QED) is 0.808. The van der Waals surface area contributed by atoms with Crippen LogP contribution in [-0.2, 0) is 11.0 Å². The number of alkyl halides is 3. The first-order valence-electron chi connectivity index (χ1n) is 10.1. The third kappa shape index (κ3) is 5.02. The lowest BCUT2D eigenvalue weighted by Gasteiger charge is -2.42. The first-order valence-corrected chi connectivity index (χ1v) is 10.1. The van der Waals surface area contributed by atoms with Gasteiger partial charge in [-0.3, -0.25) is 4.79 Å². The Morgan fingerprint density at radius 2 is 1.97 bits per heavy atom. The molecule has 1 unspecified atom stereocenters. The van der Waals surface area contributed by atoms with E-state index in [1.165, 1.54) is 37.8 Å². The molecule has 1 aliphatic carbocycles. The fourth-order valence-electron chi connectivity index (χ4n) is 4.41. The molecule has 1 aromatic carbocycles.